The van der Waals surface area contributed by atoms with Crippen LogP contribution in [-0.2, 0) is 11.0 Å². The van der Waals surface area contributed by atoms with Gasteiger partial charge < -0.3 is 14.7 Å². The minimum atomic E-state index is -1.12. The van der Waals surface area contributed by atoms with Crippen LogP contribution in [0.5, 0.6) is 5.75 Å². The minimum Gasteiger partial charge on any atom is -0.496 e. The van der Waals surface area contributed by atoms with Crippen molar-refractivity contribution >= 4 is 5.78 Å². The Morgan fingerprint density at radius 3 is 2.14 bits per heavy atom. The summed E-state index contributed by atoms with van der Waals surface area (Å²) in [6, 6.07) is 25.9. The van der Waals surface area contributed by atoms with Crippen LogP contribution >= 0.6 is 0 Å². The Hall–Kier alpha value is -2.95. The average molecular weight is 500 g/mol. The van der Waals surface area contributed by atoms with Crippen molar-refractivity contribution in [2.45, 2.75) is 57.5 Å². The van der Waals surface area contributed by atoms with Crippen molar-refractivity contribution in [1.82, 2.24) is 4.90 Å². The molecule has 1 saturated heterocycles. The Kier molecular flexibility index (Phi) is 8.51. The molecule has 1 heterocycles. The molecule has 4 rings (SSSR count). The number of hydrogen-bond donors (Lipinski definition) is 1. The van der Waals surface area contributed by atoms with Gasteiger partial charge in [0.25, 0.3) is 0 Å². The highest BCUT2D eigenvalue weighted by molar-refractivity contribution is 5.96. The number of nitrogens with zero attached hydrogens (tertiary/aromatic N) is 1. The van der Waals surface area contributed by atoms with E-state index in [-0.39, 0.29) is 17.1 Å². The molecule has 0 aromatic heterocycles. The smallest absolute Gasteiger partial charge is 0.162 e. The van der Waals surface area contributed by atoms with Gasteiger partial charge in [-0.25, -0.2) is 0 Å². The lowest BCUT2D eigenvalue weighted by Gasteiger charge is -2.42. The number of likely N-dealkylation sites (tertiary alicyclic amines) is 1. The molecule has 0 radical (unpaired) electrons. The fourth-order valence-corrected chi connectivity index (χ4v) is 5.60. The van der Waals surface area contributed by atoms with E-state index in [1.807, 2.05) is 66.7 Å². The quantitative estimate of drug-likeness (QED) is 0.337. The highest BCUT2D eigenvalue weighted by Gasteiger charge is 2.43. The van der Waals surface area contributed by atoms with Crippen LogP contribution in [-0.4, -0.2) is 42.5 Å². The second-order valence-corrected chi connectivity index (χ2v) is 11.3. The first kappa shape index (κ1) is 27.1. The Morgan fingerprint density at radius 1 is 0.892 bits per heavy atom. The zero-order chi connectivity index (χ0) is 26.5. The maximum absolute atomic E-state index is 12.7. The van der Waals surface area contributed by atoms with Gasteiger partial charge in [0.2, 0.25) is 0 Å². The highest BCUT2D eigenvalue weighted by Crippen LogP contribution is 2.45. The van der Waals surface area contributed by atoms with E-state index in [1.54, 1.807) is 7.11 Å². The summed E-state index contributed by atoms with van der Waals surface area (Å²) >= 11 is 0. The first-order chi connectivity index (χ1) is 17.7. The molecule has 0 spiro atoms. The van der Waals surface area contributed by atoms with Crippen LogP contribution < -0.4 is 4.74 Å². The molecule has 196 valence electrons. The van der Waals surface area contributed by atoms with Crippen molar-refractivity contribution in [3.05, 3.63) is 101 Å². The van der Waals surface area contributed by atoms with E-state index >= 15 is 0 Å². The number of rotatable bonds is 9. The van der Waals surface area contributed by atoms with Crippen LogP contribution in [0, 0.1) is 5.92 Å². The van der Waals surface area contributed by atoms with Crippen molar-refractivity contribution in [1.29, 1.82) is 0 Å². The second-order valence-electron chi connectivity index (χ2n) is 11.3. The summed E-state index contributed by atoms with van der Waals surface area (Å²) in [5.41, 5.74) is 2.75. The molecule has 3 aromatic rings. The lowest BCUT2D eigenvalue weighted by atomic mass is 9.71. The van der Waals surface area contributed by atoms with Gasteiger partial charge in [-0.3, -0.25) is 4.79 Å². The van der Waals surface area contributed by atoms with Crippen LogP contribution in [0.1, 0.15) is 73.5 Å². The van der Waals surface area contributed by atoms with Gasteiger partial charge in [0.1, 0.15) is 11.4 Å². The summed E-state index contributed by atoms with van der Waals surface area (Å²) in [6.45, 7) is 9.27. The topological polar surface area (TPSA) is 49.8 Å². The summed E-state index contributed by atoms with van der Waals surface area (Å²) in [7, 11) is 1.66. The molecular weight excluding hydrogens is 458 g/mol. The number of benzene rings is 3. The predicted molar refractivity (Wildman–Crippen MR) is 150 cm³/mol. The van der Waals surface area contributed by atoms with Crippen LogP contribution in [0.4, 0.5) is 0 Å². The number of ketones is 1. The molecule has 3 aromatic carbocycles. The molecule has 1 fully saturated rings. The fourth-order valence-electron chi connectivity index (χ4n) is 5.60. The number of ether oxygens (including phenoxy) is 1. The maximum Gasteiger partial charge on any atom is 0.162 e. The fraction of sp³-hybridized carbons (Fsp3) is 0.424. The number of hydrogen-bond acceptors (Lipinski definition) is 4. The van der Waals surface area contributed by atoms with Crippen LogP contribution in [0.3, 0.4) is 0 Å². The van der Waals surface area contributed by atoms with Gasteiger partial charge in [0, 0.05) is 17.5 Å². The molecule has 0 saturated carbocycles. The molecule has 0 amide bonds. The van der Waals surface area contributed by atoms with Crippen LogP contribution in [0.15, 0.2) is 78.9 Å². The summed E-state index contributed by atoms with van der Waals surface area (Å²) in [6.07, 6.45) is 3.17. The largest absolute Gasteiger partial charge is 0.496 e. The van der Waals surface area contributed by atoms with E-state index in [0.29, 0.717) is 12.2 Å². The van der Waals surface area contributed by atoms with E-state index in [4.69, 9.17) is 4.74 Å². The molecule has 0 aliphatic carbocycles. The number of Topliss-reactive ketones (excluding diaryl/α,β-unsaturated/α-hetero) is 1. The first-order valence-electron chi connectivity index (χ1n) is 13.5. The van der Waals surface area contributed by atoms with Gasteiger partial charge in [-0.1, -0.05) is 93.6 Å². The standard InChI is InChI=1S/C33H41NO3/c1-32(2,3)26-18-16-25(17-19-26)30(35)14-10-22-34-23-20-28(21-24-34)33(36,27-11-6-5-7-12-27)29-13-8-9-15-31(29)37-4/h5-9,11-13,15-19,28,36H,10,14,20-24H2,1-4H3. The van der Waals surface area contributed by atoms with Gasteiger partial charge in [-0.05, 0) is 67.4 Å². The number of aliphatic hydroxyl groups is 1. The molecule has 1 atom stereocenters. The molecule has 4 nitrogen and oxygen atoms in total. The third-order valence-corrected chi connectivity index (χ3v) is 7.86. The first-order valence-corrected chi connectivity index (χ1v) is 13.5. The third-order valence-electron chi connectivity index (χ3n) is 7.86. The lowest BCUT2D eigenvalue weighted by Crippen LogP contribution is -2.44. The molecule has 37 heavy (non-hydrogen) atoms. The average Bonchev–Trinajstić information content (AvgIpc) is 2.93. The third kappa shape index (κ3) is 6.14. The number of methoxy groups -OCH3 is 1. The van der Waals surface area contributed by atoms with Gasteiger partial charge in [0.05, 0.1) is 7.11 Å². The Balaban J connectivity index is 1.37. The molecule has 1 N–H and O–H groups in total. The molecule has 1 aliphatic rings. The summed E-state index contributed by atoms with van der Waals surface area (Å²) in [4.78, 5) is 15.2. The van der Waals surface area contributed by atoms with Gasteiger partial charge in [0.15, 0.2) is 5.78 Å². The molecule has 0 bridgehead atoms. The molecule has 1 unspecified atom stereocenters. The lowest BCUT2D eigenvalue weighted by molar-refractivity contribution is -0.0158. The Labute approximate surface area is 222 Å². The van der Waals surface area contributed by atoms with Crippen molar-refractivity contribution in [2.75, 3.05) is 26.7 Å². The van der Waals surface area contributed by atoms with Crippen molar-refractivity contribution in [3.63, 3.8) is 0 Å². The van der Waals surface area contributed by atoms with E-state index in [0.717, 1.165) is 55.6 Å². The molecular formula is C33H41NO3. The number of carbonyl (C=O) groups excluding carboxylic acids is 1. The molecule has 4 heteroatoms. The Morgan fingerprint density at radius 2 is 1.51 bits per heavy atom. The van der Waals surface area contributed by atoms with E-state index in [2.05, 4.69) is 37.8 Å². The maximum atomic E-state index is 12.7. The number of carbonyl (C=O) groups is 1. The summed E-state index contributed by atoms with van der Waals surface area (Å²) < 4.78 is 5.66. The zero-order valence-corrected chi connectivity index (χ0v) is 22.7. The predicted octanol–water partition coefficient (Wildman–Crippen LogP) is 6.60. The SMILES string of the molecule is COc1ccccc1C(O)(c1ccccc1)C1CCN(CCCC(=O)c2ccc(C(C)(C)C)cc2)CC1. The number of para-hydroxylation sites is 1. The van der Waals surface area contributed by atoms with Crippen molar-refractivity contribution < 1.29 is 14.6 Å². The normalized spacial score (nSPS) is 16.8. The molecule has 1 aliphatic heterocycles. The van der Waals surface area contributed by atoms with E-state index in [9.17, 15) is 9.90 Å². The van der Waals surface area contributed by atoms with Crippen molar-refractivity contribution in [3.8, 4) is 5.75 Å². The summed E-state index contributed by atoms with van der Waals surface area (Å²) in [5, 5.41) is 12.3. The highest BCUT2D eigenvalue weighted by atomic mass is 16.5. The van der Waals surface area contributed by atoms with Gasteiger partial charge in [-0.15, -0.1) is 0 Å². The van der Waals surface area contributed by atoms with Gasteiger partial charge >= 0.3 is 0 Å². The van der Waals surface area contributed by atoms with E-state index in [1.165, 1.54) is 5.56 Å². The Bertz CT molecular complexity index is 1160. The minimum absolute atomic E-state index is 0.0745. The van der Waals surface area contributed by atoms with E-state index < -0.39 is 5.60 Å². The van der Waals surface area contributed by atoms with Crippen LogP contribution in [0.25, 0.3) is 0 Å². The summed E-state index contributed by atoms with van der Waals surface area (Å²) in [5.74, 6) is 1.00. The zero-order valence-electron chi connectivity index (χ0n) is 22.7. The van der Waals surface area contributed by atoms with Crippen molar-refractivity contribution in [2.24, 2.45) is 5.92 Å². The number of piperidine rings is 1. The second kappa shape index (κ2) is 11.6. The van der Waals surface area contributed by atoms with Gasteiger partial charge in [-0.2, -0.15) is 0 Å². The monoisotopic (exact) mass is 499 g/mol. The van der Waals surface area contributed by atoms with Crippen LogP contribution in [0.2, 0.25) is 0 Å².